The summed E-state index contributed by atoms with van der Waals surface area (Å²) in [6.07, 6.45) is 3.95. The van der Waals surface area contributed by atoms with Crippen LogP contribution in [0.5, 0.6) is 0 Å². The summed E-state index contributed by atoms with van der Waals surface area (Å²) in [6.45, 7) is 0.598. The number of halogens is 1. The van der Waals surface area contributed by atoms with E-state index in [4.69, 9.17) is 5.73 Å². The highest BCUT2D eigenvalue weighted by Crippen LogP contribution is 2.24. The molecule has 2 unspecified atom stereocenters. The average Bonchev–Trinajstić information content (AvgIpc) is 3.08. The van der Waals surface area contributed by atoms with Crippen LogP contribution in [-0.4, -0.2) is 30.4 Å². The van der Waals surface area contributed by atoms with E-state index >= 15 is 0 Å². The molecule has 1 saturated heterocycles. The van der Waals surface area contributed by atoms with Gasteiger partial charge in [-0.2, -0.15) is 0 Å². The summed E-state index contributed by atoms with van der Waals surface area (Å²) < 4.78 is 14.2. The molecule has 1 saturated carbocycles. The minimum absolute atomic E-state index is 0.00510. The summed E-state index contributed by atoms with van der Waals surface area (Å²) in [7, 11) is 0. The number of amides is 2. The van der Waals surface area contributed by atoms with Gasteiger partial charge in [0.05, 0.1) is 5.56 Å². The molecular weight excluding hydrogens is 285 g/mol. The fraction of sp³-hybridized carbons (Fsp3) is 0.500. The van der Waals surface area contributed by atoms with Crippen LogP contribution in [0.15, 0.2) is 18.2 Å². The lowest BCUT2D eigenvalue weighted by molar-refractivity contribution is -0.117. The van der Waals surface area contributed by atoms with Crippen LogP contribution in [0.1, 0.15) is 42.5 Å². The highest BCUT2D eigenvalue weighted by Gasteiger charge is 2.27. The Hall–Kier alpha value is -1.95. The Balaban J connectivity index is 1.74. The second kappa shape index (κ2) is 6.04. The summed E-state index contributed by atoms with van der Waals surface area (Å²) in [5.74, 6) is -1.06. The minimum Gasteiger partial charge on any atom is -0.348 e. The van der Waals surface area contributed by atoms with E-state index in [1.54, 1.807) is 11.0 Å². The number of anilines is 1. The fourth-order valence-corrected chi connectivity index (χ4v) is 3.19. The lowest BCUT2D eigenvalue weighted by Gasteiger charge is -2.19. The number of benzene rings is 1. The van der Waals surface area contributed by atoms with Gasteiger partial charge >= 0.3 is 0 Å². The minimum atomic E-state index is -0.610. The molecule has 3 N–H and O–H groups in total. The van der Waals surface area contributed by atoms with Gasteiger partial charge in [0.15, 0.2) is 0 Å². The molecule has 1 aliphatic heterocycles. The molecule has 3 rings (SSSR count). The molecule has 0 radical (unpaired) electrons. The smallest absolute Gasteiger partial charge is 0.254 e. The largest absolute Gasteiger partial charge is 0.348 e. The van der Waals surface area contributed by atoms with Gasteiger partial charge in [-0.05, 0) is 43.9 Å². The summed E-state index contributed by atoms with van der Waals surface area (Å²) in [4.78, 5) is 25.4. The van der Waals surface area contributed by atoms with Gasteiger partial charge in [0.1, 0.15) is 5.82 Å². The first-order chi connectivity index (χ1) is 10.6. The van der Waals surface area contributed by atoms with Crippen LogP contribution in [0.25, 0.3) is 0 Å². The van der Waals surface area contributed by atoms with Crippen LogP contribution in [0.3, 0.4) is 0 Å². The lowest BCUT2D eigenvalue weighted by atomic mass is 10.1. The summed E-state index contributed by atoms with van der Waals surface area (Å²) in [5.41, 5.74) is 6.42. The molecule has 1 aromatic rings. The average molecular weight is 305 g/mol. The molecule has 2 amide bonds. The van der Waals surface area contributed by atoms with E-state index < -0.39 is 11.7 Å². The number of carbonyl (C=O) groups is 2. The first kappa shape index (κ1) is 15.0. The highest BCUT2D eigenvalue weighted by molar-refractivity contribution is 5.97. The molecule has 1 aliphatic carbocycles. The van der Waals surface area contributed by atoms with E-state index in [1.165, 1.54) is 12.1 Å². The van der Waals surface area contributed by atoms with Gasteiger partial charge in [-0.25, -0.2) is 4.39 Å². The molecule has 0 spiro atoms. The van der Waals surface area contributed by atoms with Crippen molar-refractivity contribution in [1.29, 1.82) is 0 Å². The maximum atomic E-state index is 14.2. The zero-order valence-corrected chi connectivity index (χ0v) is 12.3. The fourth-order valence-electron chi connectivity index (χ4n) is 3.19. The van der Waals surface area contributed by atoms with Crippen LogP contribution in [0, 0.1) is 5.82 Å². The summed E-state index contributed by atoms with van der Waals surface area (Å²) >= 11 is 0. The second-order valence-corrected chi connectivity index (χ2v) is 5.99. The number of nitrogens with zero attached hydrogens (tertiary/aromatic N) is 1. The predicted molar refractivity (Wildman–Crippen MR) is 81.1 cm³/mol. The van der Waals surface area contributed by atoms with E-state index in [0.717, 1.165) is 25.7 Å². The van der Waals surface area contributed by atoms with E-state index in [-0.39, 0.29) is 23.6 Å². The van der Waals surface area contributed by atoms with Crippen molar-refractivity contribution in [2.75, 3.05) is 11.4 Å². The third-order valence-electron chi connectivity index (χ3n) is 4.47. The Morgan fingerprint density at radius 2 is 2.14 bits per heavy atom. The Bertz CT molecular complexity index is 605. The standard InChI is InChI=1S/C16H20FN3O2/c17-12-9-10(20-8-2-5-15(20)21)6-7-11(12)16(22)19-14-4-1-3-13(14)18/h6-7,9,13-14H,1-5,8,18H2,(H,19,22). The number of hydrogen-bond donors (Lipinski definition) is 2. The van der Waals surface area contributed by atoms with Gasteiger partial charge in [-0.15, -0.1) is 0 Å². The van der Waals surface area contributed by atoms with Gasteiger partial charge in [-0.1, -0.05) is 0 Å². The van der Waals surface area contributed by atoms with Crippen molar-refractivity contribution in [3.05, 3.63) is 29.6 Å². The van der Waals surface area contributed by atoms with Crippen LogP contribution in [0.2, 0.25) is 0 Å². The third kappa shape index (κ3) is 2.83. The van der Waals surface area contributed by atoms with Crippen molar-refractivity contribution in [2.24, 2.45) is 5.73 Å². The molecule has 22 heavy (non-hydrogen) atoms. The monoisotopic (exact) mass is 305 g/mol. The molecule has 1 aromatic carbocycles. The van der Waals surface area contributed by atoms with E-state index in [0.29, 0.717) is 18.7 Å². The molecule has 2 atom stereocenters. The Morgan fingerprint density at radius 3 is 2.73 bits per heavy atom. The first-order valence-electron chi connectivity index (χ1n) is 7.72. The molecule has 118 valence electrons. The molecule has 0 bridgehead atoms. The molecule has 1 heterocycles. The number of carbonyl (C=O) groups excluding carboxylic acids is 2. The normalized spacial score (nSPS) is 24.8. The highest BCUT2D eigenvalue weighted by atomic mass is 19.1. The van der Waals surface area contributed by atoms with E-state index in [9.17, 15) is 14.0 Å². The molecule has 2 aliphatic rings. The number of nitrogens with two attached hydrogens (primary N) is 1. The molecule has 6 heteroatoms. The summed E-state index contributed by atoms with van der Waals surface area (Å²) in [6, 6.07) is 4.16. The van der Waals surface area contributed by atoms with Gasteiger partial charge in [-0.3, -0.25) is 9.59 Å². The van der Waals surface area contributed by atoms with Crippen molar-refractivity contribution in [3.8, 4) is 0 Å². The van der Waals surface area contributed by atoms with E-state index in [1.807, 2.05) is 0 Å². The van der Waals surface area contributed by atoms with Crippen LogP contribution < -0.4 is 16.0 Å². The van der Waals surface area contributed by atoms with Crippen LogP contribution in [-0.2, 0) is 4.79 Å². The molecule has 5 nitrogen and oxygen atoms in total. The van der Waals surface area contributed by atoms with Crippen LogP contribution in [0.4, 0.5) is 10.1 Å². The van der Waals surface area contributed by atoms with Crippen molar-refractivity contribution in [3.63, 3.8) is 0 Å². The topological polar surface area (TPSA) is 75.4 Å². The summed E-state index contributed by atoms with van der Waals surface area (Å²) in [5, 5.41) is 2.80. The maximum absolute atomic E-state index is 14.2. The maximum Gasteiger partial charge on any atom is 0.254 e. The number of hydrogen-bond acceptors (Lipinski definition) is 3. The van der Waals surface area contributed by atoms with Gasteiger partial charge in [0, 0.05) is 30.7 Å². The second-order valence-electron chi connectivity index (χ2n) is 5.99. The van der Waals surface area contributed by atoms with Crippen molar-refractivity contribution < 1.29 is 14.0 Å². The number of nitrogens with one attached hydrogen (secondary N) is 1. The molecule has 0 aromatic heterocycles. The van der Waals surface area contributed by atoms with Crippen LogP contribution >= 0.6 is 0 Å². The SMILES string of the molecule is NC1CCCC1NC(=O)c1ccc(N2CCCC2=O)cc1F. The number of rotatable bonds is 3. The Morgan fingerprint density at radius 1 is 1.32 bits per heavy atom. The zero-order chi connectivity index (χ0) is 15.7. The predicted octanol–water partition coefficient (Wildman–Crippen LogP) is 1.56. The van der Waals surface area contributed by atoms with Crippen molar-refractivity contribution in [2.45, 2.75) is 44.2 Å². The molecular formula is C16H20FN3O2. The molecule has 2 fully saturated rings. The van der Waals surface area contributed by atoms with Crippen molar-refractivity contribution >= 4 is 17.5 Å². The Labute approximate surface area is 128 Å². The third-order valence-corrected chi connectivity index (χ3v) is 4.47. The lowest BCUT2D eigenvalue weighted by Crippen LogP contribution is -2.44. The Kier molecular flexibility index (Phi) is 4.11. The van der Waals surface area contributed by atoms with Gasteiger partial charge in [0.2, 0.25) is 5.91 Å². The van der Waals surface area contributed by atoms with Crippen molar-refractivity contribution in [1.82, 2.24) is 5.32 Å². The first-order valence-corrected chi connectivity index (χ1v) is 7.72. The van der Waals surface area contributed by atoms with Gasteiger partial charge in [0.25, 0.3) is 5.91 Å². The van der Waals surface area contributed by atoms with Gasteiger partial charge < -0.3 is 16.0 Å². The zero-order valence-electron chi connectivity index (χ0n) is 12.3. The van der Waals surface area contributed by atoms with E-state index in [2.05, 4.69) is 5.32 Å². The quantitative estimate of drug-likeness (QED) is 0.890.